The molecule has 2 aliphatic rings. The van der Waals surface area contributed by atoms with Crippen LogP contribution in [0.25, 0.3) is 6.08 Å². The van der Waals surface area contributed by atoms with E-state index in [1.165, 1.54) is 22.3 Å². The molecule has 0 radical (unpaired) electrons. The Morgan fingerprint density at radius 2 is 1.81 bits per heavy atom. The summed E-state index contributed by atoms with van der Waals surface area (Å²) in [4.78, 5) is 33.0. The minimum atomic E-state index is -0.284. The van der Waals surface area contributed by atoms with E-state index in [4.69, 9.17) is 12.2 Å². The van der Waals surface area contributed by atoms with Crippen LogP contribution in [0.3, 0.4) is 0 Å². The van der Waals surface area contributed by atoms with Gasteiger partial charge in [0.15, 0.2) is 0 Å². The zero-order valence-corrected chi connectivity index (χ0v) is 22.2. The van der Waals surface area contributed by atoms with Crippen molar-refractivity contribution in [3.05, 3.63) is 74.9 Å². The Bertz CT molecular complexity index is 1320. The molecule has 2 aromatic rings. The number of thioether (sulfide) groups is 1. The number of nitriles is 1. The lowest BCUT2D eigenvalue weighted by molar-refractivity contribution is -0.121. The molecule has 0 N–H and O–H groups in total. The van der Waals surface area contributed by atoms with Gasteiger partial charge in [-0.1, -0.05) is 55.2 Å². The number of nitrogens with zero attached hydrogens (tertiary/aromatic N) is 5. The van der Waals surface area contributed by atoms with E-state index in [1.54, 1.807) is 17.6 Å². The van der Waals surface area contributed by atoms with Crippen LogP contribution in [0.1, 0.15) is 30.0 Å². The number of thiocarbonyl (C=S) groups is 1. The third-order valence-corrected chi connectivity index (χ3v) is 7.83. The van der Waals surface area contributed by atoms with Gasteiger partial charge < -0.3 is 9.80 Å². The number of rotatable bonds is 7. The third-order valence-electron chi connectivity index (χ3n) is 6.45. The average molecular weight is 520 g/mol. The smallest absolute Gasteiger partial charge is 0.270 e. The molecule has 0 atom stereocenters. The zero-order valence-electron chi connectivity index (χ0n) is 20.6. The molecule has 1 aromatic carbocycles. The zero-order chi connectivity index (χ0) is 25.8. The van der Waals surface area contributed by atoms with Gasteiger partial charge in [-0.15, -0.1) is 6.58 Å². The summed E-state index contributed by atoms with van der Waals surface area (Å²) in [6.07, 6.45) is 4.20. The van der Waals surface area contributed by atoms with E-state index in [1.807, 2.05) is 31.2 Å². The molecule has 0 unspecified atom stereocenters. The lowest BCUT2D eigenvalue weighted by Crippen LogP contribution is -2.48. The van der Waals surface area contributed by atoms with Gasteiger partial charge in [0.2, 0.25) is 0 Å². The number of piperazine rings is 1. The normalized spacial score (nSPS) is 17.1. The Morgan fingerprint density at radius 1 is 1.14 bits per heavy atom. The van der Waals surface area contributed by atoms with Crippen molar-refractivity contribution >= 4 is 51.8 Å². The molecule has 1 amide bonds. The number of anilines is 2. The fraction of sp³-hybridized carbons (Fsp3) is 0.333. The molecule has 0 bridgehead atoms. The van der Waals surface area contributed by atoms with Gasteiger partial charge in [0.05, 0.1) is 4.91 Å². The van der Waals surface area contributed by atoms with Crippen LogP contribution < -0.4 is 15.4 Å². The lowest BCUT2D eigenvalue weighted by atomic mass is 10.0. The van der Waals surface area contributed by atoms with E-state index in [0.717, 1.165) is 30.9 Å². The van der Waals surface area contributed by atoms with E-state index in [0.29, 0.717) is 41.0 Å². The summed E-state index contributed by atoms with van der Waals surface area (Å²) in [5.74, 6) is 0.580. The largest absolute Gasteiger partial charge is 0.368 e. The molecule has 36 heavy (non-hydrogen) atoms. The van der Waals surface area contributed by atoms with Crippen molar-refractivity contribution < 1.29 is 4.79 Å². The molecule has 1 aromatic heterocycles. The fourth-order valence-corrected chi connectivity index (χ4v) is 5.91. The van der Waals surface area contributed by atoms with Crippen molar-refractivity contribution in [1.29, 1.82) is 5.26 Å². The molecular weight excluding hydrogens is 490 g/mol. The number of pyridine rings is 1. The number of amides is 1. The van der Waals surface area contributed by atoms with E-state index in [-0.39, 0.29) is 17.0 Å². The second kappa shape index (κ2) is 11.1. The van der Waals surface area contributed by atoms with E-state index < -0.39 is 0 Å². The van der Waals surface area contributed by atoms with Gasteiger partial charge in [0.25, 0.3) is 11.5 Å². The van der Waals surface area contributed by atoms with Gasteiger partial charge in [-0.3, -0.25) is 19.1 Å². The van der Waals surface area contributed by atoms with Gasteiger partial charge >= 0.3 is 0 Å². The maximum Gasteiger partial charge on any atom is 0.270 e. The number of aromatic nitrogens is 1. The van der Waals surface area contributed by atoms with Crippen LogP contribution in [0.15, 0.2) is 52.7 Å². The summed E-state index contributed by atoms with van der Waals surface area (Å²) < 4.78 is 2.18. The first-order chi connectivity index (χ1) is 17.4. The Kier molecular flexibility index (Phi) is 7.97. The van der Waals surface area contributed by atoms with Crippen molar-refractivity contribution in [1.82, 2.24) is 9.47 Å². The van der Waals surface area contributed by atoms with Crippen LogP contribution in [0.5, 0.6) is 0 Å². The molecule has 2 aliphatic heterocycles. The van der Waals surface area contributed by atoms with Crippen molar-refractivity contribution in [3.63, 3.8) is 0 Å². The van der Waals surface area contributed by atoms with Crippen molar-refractivity contribution in [3.8, 4) is 6.07 Å². The molecule has 4 rings (SSSR count). The van der Waals surface area contributed by atoms with Gasteiger partial charge in [-0.05, 0) is 37.1 Å². The van der Waals surface area contributed by atoms with Crippen LogP contribution in [-0.4, -0.2) is 52.4 Å². The second-order valence-electron chi connectivity index (χ2n) is 8.70. The molecule has 2 saturated heterocycles. The van der Waals surface area contributed by atoms with E-state index >= 15 is 0 Å². The standard InChI is InChI=1S/C27H29N5O2S2/c1-4-11-31-24(30-15-13-29(14-16-30)20-9-7-6-8-10-20)21(19(3)22(18-28)25(31)33)17-23-26(34)32(12-5-2)27(35)36-23/h5-10,17H,2,4,11-16H2,1,3H3/b23-17+. The Hall–Kier alpha value is -3.35. The molecular formula is C27H29N5O2S2. The molecule has 0 aliphatic carbocycles. The first-order valence-electron chi connectivity index (χ1n) is 12.0. The highest BCUT2D eigenvalue weighted by Gasteiger charge is 2.33. The van der Waals surface area contributed by atoms with Crippen LogP contribution in [0, 0.1) is 18.3 Å². The Morgan fingerprint density at radius 3 is 2.42 bits per heavy atom. The minimum absolute atomic E-state index is 0.114. The SMILES string of the molecule is C=CCN1C(=O)/C(=C\c2c(C)c(C#N)c(=O)n(CCC)c2N2CCN(c3ccccc3)CC2)SC1=S. The molecule has 9 heteroatoms. The van der Waals surface area contributed by atoms with E-state index in [2.05, 4.69) is 34.6 Å². The summed E-state index contributed by atoms with van der Waals surface area (Å²) >= 11 is 6.66. The first-order valence-corrected chi connectivity index (χ1v) is 13.2. The highest BCUT2D eigenvalue weighted by atomic mass is 32.2. The monoisotopic (exact) mass is 519 g/mol. The predicted molar refractivity (Wildman–Crippen MR) is 151 cm³/mol. The number of hydrogen-bond acceptors (Lipinski definition) is 7. The van der Waals surface area contributed by atoms with Gasteiger partial charge in [-0.25, -0.2) is 0 Å². The molecule has 3 heterocycles. The van der Waals surface area contributed by atoms with Crippen LogP contribution in [0.2, 0.25) is 0 Å². The van der Waals surface area contributed by atoms with Crippen molar-refractivity contribution in [2.75, 3.05) is 42.5 Å². The average Bonchev–Trinajstić information content (AvgIpc) is 3.15. The summed E-state index contributed by atoms with van der Waals surface area (Å²) in [5.41, 5.74) is 2.32. The van der Waals surface area contributed by atoms with Gasteiger partial charge in [0, 0.05) is 50.5 Å². The van der Waals surface area contributed by atoms with Gasteiger partial charge in [-0.2, -0.15) is 5.26 Å². The molecule has 0 spiro atoms. The number of carbonyl (C=O) groups excluding carboxylic acids is 1. The topological polar surface area (TPSA) is 72.6 Å². The molecule has 7 nitrogen and oxygen atoms in total. The number of carbonyl (C=O) groups is 1. The predicted octanol–water partition coefficient (Wildman–Crippen LogP) is 4.15. The van der Waals surface area contributed by atoms with Crippen LogP contribution >= 0.6 is 24.0 Å². The third kappa shape index (κ3) is 4.84. The Balaban J connectivity index is 1.80. The van der Waals surface area contributed by atoms with Crippen LogP contribution in [-0.2, 0) is 11.3 Å². The summed E-state index contributed by atoms with van der Waals surface area (Å²) in [7, 11) is 0. The molecule has 2 fully saturated rings. The molecule has 0 saturated carbocycles. The van der Waals surface area contributed by atoms with Crippen LogP contribution in [0.4, 0.5) is 11.5 Å². The fourth-order valence-electron chi connectivity index (χ4n) is 4.65. The maximum atomic E-state index is 13.4. The second-order valence-corrected chi connectivity index (χ2v) is 10.4. The maximum absolute atomic E-state index is 13.4. The lowest BCUT2D eigenvalue weighted by Gasteiger charge is -2.39. The minimum Gasteiger partial charge on any atom is -0.368 e. The highest BCUT2D eigenvalue weighted by Crippen LogP contribution is 2.36. The van der Waals surface area contributed by atoms with Gasteiger partial charge in [0.1, 0.15) is 21.8 Å². The Labute approximate surface area is 221 Å². The highest BCUT2D eigenvalue weighted by molar-refractivity contribution is 8.26. The number of benzene rings is 1. The number of para-hydroxylation sites is 1. The summed E-state index contributed by atoms with van der Waals surface area (Å²) in [6.45, 7) is 11.4. The van der Waals surface area contributed by atoms with E-state index in [9.17, 15) is 14.9 Å². The quantitative estimate of drug-likeness (QED) is 0.309. The van der Waals surface area contributed by atoms with Crippen molar-refractivity contribution in [2.24, 2.45) is 0 Å². The van der Waals surface area contributed by atoms with Crippen molar-refractivity contribution in [2.45, 2.75) is 26.8 Å². The summed E-state index contributed by atoms with van der Waals surface area (Å²) in [5, 5.41) is 9.83. The summed E-state index contributed by atoms with van der Waals surface area (Å²) in [6, 6.07) is 12.4. The first kappa shape index (κ1) is 25.7. The molecule has 186 valence electrons. The number of hydrogen-bond donors (Lipinski definition) is 0.